The Labute approximate surface area is 159 Å². The molecular formula is C20H27FN4O2. The lowest BCUT2D eigenvalue weighted by molar-refractivity contribution is -0.134. The Morgan fingerprint density at radius 2 is 2.00 bits per heavy atom. The minimum absolute atomic E-state index is 0.00963. The Kier molecular flexibility index (Phi) is 5.92. The normalized spacial score (nSPS) is 21.3. The van der Waals surface area contributed by atoms with Crippen LogP contribution in [0.5, 0.6) is 0 Å². The quantitative estimate of drug-likeness (QED) is 0.861. The molecule has 1 aliphatic rings. The SMILES string of the molecule is Cc1nccn1CC1(O)CN(C)CCN(C(=O)CCc2ccc(F)cc2)C1. The van der Waals surface area contributed by atoms with Gasteiger partial charge in [-0.1, -0.05) is 12.1 Å². The maximum Gasteiger partial charge on any atom is 0.223 e. The van der Waals surface area contributed by atoms with E-state index in [1.54, 1.807) is 23.2 Å². The fourth-order valence-corrected chi connectivity index (χ4v) is 3.62. The lowest BCUT2D eigenvalue weighted by Crippen LogP contribution is -2.50. The number of likely N-dealkylation sites (N-methyl/N-ethyl adjacent to an activating group) is 1. The average molecular weight is 374 g/mol. The van der Waals surface area contributed by atoms with Crippen molar-refractivity contribution in [3.05, 3.63) is 53.9 Å². The summed E-state index contributed by atoms with van der Waals surface area (Å²) in [5.41, 5.74) is -0.108. The Morgan fingerprint density at radius 3 is 2.67 bits per heavy atom. The van der Waals surface area contributed by atoms with E-state index in [2.05, 4.69) is 9.88 Å². The first-order chi connectivity index (χ1) is 12.8. The molecule has 27 heavy (non-hydrogen) atoms. The number of amides is 1. The summed E-state index contributed by atoms with van der Waals surface area (Å²) in [6.45, 7) is 4.38. The summed E-state index contributed by atoms with van der Waals surface area (Å²) in [7, 11) is 1.96. The molecule has 1 aromatic carbocycles. The number of aliphatic hydroxyl groups is 1. The molecule has 6 nitrogen and oxygen atoms in total. The van der Waals surface area contributed by atoms with Crippen molar-refractivity contribution in [2.45, 2.75) is 31.9 Å². The third-order valence-electron chi connectivity index (χ3n) is 5.08. The highest BCUT2D eigenvalue weighted by Gasteiger charge is 2.36. The number of carbonyl (C=O) groups is 1. The average Bonchev–Trinajstić information content (AvgIpc) is 2.94. The van der Waals surface area contributed by atoms with Gasteiger partial charge in [-0.05, 0) is 38.1 Å². The van der Waals surface area contributed by atoms with Crippen LogP contribution >= 0.6 is 0 Å². The zero-order valence-corrected chi connectivity index (χ0v) is 15.9. The zero-order chi connectivity index (χ0) is 19.4. The van der Waals surface area contributed by atoms with Crippen LogP contribution in [0.4, 0.5) is 4.39 Å². The number of hydrogen-bond acceptors (Lipinski definition) is 4. The Balaban J connectivity index is 1.65. The monoisotopic (exact) mass is 374 g/mol. The number of nitrogens with zero attached hydrogens (tertiary/aromatic N) is 4. The topological polar surface area (TPSA) is 61.6 Å². The van der Waals surface area contributed by atoms with Gasteiger partial charge in [-0.3, -0.25) is 4.79 Å². The van der Waals surface area contributed by atoms with Gasteiger partial charge in [0.05, 0.1) is 13.1 Å². The summed E-state index contributed by atoms with van der Waals surface area (Å²) in [5.74, 6) is 0.570. The molecular weight excluding hydrogens is 347 g/mol. The largest absolute Gasteiger partial charge is 0.385 e. The van der Waals surface area contributed by atoms with Crippen molar-refractivity contribution in [3.8, 4) is 0 Å². The molecule has 0 bridgehead atoms. The Morgan fingerprint density at radius 1 is 1.26 bits per heavy atom. The molecule has 0 saturated carbocycles. The minimum Gasteiger partial charge on any atom is -0.385 e. The number of halogens is 1. The molecule has 1 fully saturated rings. The second kappa shape index (κ2) is 8.19. The zero-order valence-electron chi connectivity index (χ0n) is 15.9. The summed E-state index contributed by atoms with van der Waals surface area (Å²) < 4.78 is 14.9. The first kappa shape index (κ1) is 19.5. The fourth-order valence-electron chi connectivity index (χ4n) is 3.62. The molecule has 1 unspecified atom stereocenters. The van der Waals surface area contributed by atoms with Crippen molar-refractivity contribution in [1.82, 2.24) is 19.4 Å². The van der Waals surface area contributed by atoms with Crippen molar-refractivity contribution in [1.29, 1.82) is 0 Å². The summed E-state index contributed by atoms with van der Waals surface area (Å²) >= 11 is 0. The number of β-amino-alcohol motifs (C(OH)–C–C–N with tert-alkyl or cyclic N) is 1. The number of carbonyl (C=O) groups excluding carboxylic acids is 1. The van der Waals surface area contributed by atoms with Crippen LogP contribution in [0.2, 0.25) is 0 Å². The van der Waals surface area contributed by atoms with Crippen LogP contribution in [0, 0.1) is 12.7 Å². The number of benzene rings is 1. The predicted octanol–water partition coefficient (Wildman–Crippen LogP) is 1.47. The van der Waals surface area contributed by atoms with E-state index in [0.717, 1.165) is 11.4 Å². The van der Waals surface area contributed by atoms with Gasteiger partial charge in [0.15, 0.2) is 0 Å². The van der Waals surface area contributed by atoms with E-state index < -0.39 is 5.60 Å². The summed E-state index contributed by atoms with van der Waals surface area (Å²) in [5, 5.41) is 11.2. The van der Waals surface area contributed by atoms with E-state index in [-0.39, 0.29) is 18.3 Å². The molecule has 1 saturated heterocycles. The standard InChI is InChI=1S/C20H27FN4O2/c1-16-22-9-10-24(16)14-20(27)13-23(2)11-12-25(15-20)19(26)8-5-17-3-6-18(21)7-4-17/h3-4,6-7,9-10,27H,5,8,11-15H2,1-2H3. The molecule has 146 valence electrons. The molecule has 1 aliphatic heterocycles. The molecule has 2 heterocycles. The van der Waals surface area contributed by atoms with Crippen molar-refractivity contribution in [3.63, 3.8) is 0 Å². The number of rotatable bonds is 5. The second-order valence-corrected chi connectivity index (χ2v) is 7.51. The summed E-state index contributed by atoms with van der Waals surface area (Å²) in [6, 6.07) is 6.23. The molecule has 3 rings (SSSR count). The van der Waals surface area contributed by atoms with E-state index in [9.17, 15) is 14.3 Å². The van der Waals surface area contributed by atoms with Gasteiger partial charge in [0.1, 0.15) is 17.2 Å². The van der Waals surface area contributed by atoms with Crippen LogP contribution < -0.4 is 0 Å². The number of hydrogen-bond donors (Lipinski definition) is 1. The molecule has 1 amide bonds. The molecule has 0 radical (unpaired) electrons. The van der Waals surface area contributed by atoms with Crippen LogP contribution in [0.25, 0.3) is 0 Å². The van der Waals surface area contributed by atoms with Crippen LogP contribution in [-0.2, 0) is 17.8 Å². The third kappa shape index (κ3) is 5.14. The van der Waals surface area contributed by atoms with E-state index in [1.807, 2.05) is 24.7 Å². The van der Waals surface area contributed by atoms with Gasteiger partial charge in [0.25, 0.3) is 0 Å². The van der Waals surface area contributed by atoms with Gasteiger partial charge in [0, 0.05) is 38.4 Å². The molecule has 1 aromatic heterocycles. The van der Waals surface area contributed by atoms with Gasteiger partial charge in [-0.15, -0.1) is 0 Å². The van der Waals surface area contributed by atoms with Gasteiger partial charge in [-0.2, -0.15) is 0 Å². The first-order valence-corrected chi connectivity index (χ1v) is 9.25. The first-order valence-electron chi connectivity index (χ1n) is 9.25. The lowest BCUT2D eigenvalue weighted by atomic mass is 10.0. The number of aromatic nitrogens is 2. The molecule has 7 heteroatoms. The molecule has 0 aliphatic carbocycles. The van der Waals surface area contributed by atoms with Crippen molar-refractivity contribution in [2.75, 3.05) is 33.2 Å². The molecule has 0 spiro atoms. The summed E-state index contributed by atoms with van der Waals surface area (Å²) in [6.07, 6.45) is 4.46. The van der Waals surface area contributed by atoms with Gasteiger partial charge in [0.2, 0.25) is 5.91 Å². The van der Waals surface area contributed by atoms with Crippen molar-refractivity contribution < 1.29 is 14.3 Å². The second-order valence-electron chi connectivity index (χ2n) is 7.51. The van der Waals surface area contributed by atoms with Crippen LogP contribution in [0.3, 0.4) is 0 Å². The highest BCUT2D eigenvalue weighted by atomic mass is 19.1. The van der Waals surface area contributed by atoms with Crippen LogP contribution in [-0.4, -0.2) is 69.2 Å². The molecule has 1 N–H and O–H groups in total. The fraction of sp³-hybridized carbons (Fsp3) is 0.500. The predicted molar refractivity (Wildman–Crippen MR) is 101 cm³/mol. The van der Waals surface area contributed by atoms with Gasteiger partial charge < -0.3 is 19.5 Å². The van der Waals surface area contributed by atoms with Crippen LogP contribution in [0.1, 0.15) is 17.8 Å². The minimum atomic E-state index is -1.04. The van der Waals surface area contributed by atoms with E-state index >= 15 is 0 Å². The Hall–Kier alpha value is -2.25. The van der Waals surface area contributed by atoms with E-state index in [1.165, 1.54) is 12.1 Å². The van der Waals surface area contributed by atoms with E-state index in [0.29, 0.717) is 39.0 Å². The Bertz CT molecular complexity index is 777. The number of aryl methyl sites for hydroxylation is 2. The molecule has 2 aromatic rings. The highest BCUT2D eigenvalue weighted by molar-refractivity contribution is 5.76. The van der Waals surface area contributed by atoms with Crippen molar-refractivity contribution >= 4 is 5.91 Å². The van der Waals surface area contributed by atoms with Gasteiger partial charge in [-0.25, -0.2) is 9.37 Å². The number of imidazole rings is 1. The van der Waals surface area contributed by atoms with E-state index in [4.69, 9.17) is 0 Å². The van der Waals surface area contributed by atoms with Crippen molar-refractivity contribution in [2.24, 2.45) is 0 Å². The summed E-state index contributed by atoms with van der Waals surface area (Å²) in [4.78, 5) is 20.8. The van der Waals surface area contributed by atoms with Crippen LogP contribution in [0.15, 0.2) is 36.7 Å². The maximum atomic E-state index is 13.0. The highest BCUT2D eigenvalue weighted by Crippen LogP contribution is 2.18. The van der Waals surface area contributed by atoms with Gasteiger partial charge >= 0.3 is 0 Å². The molecule has 1 atom stereocenters. The smallest absolute Gasteiger partial charge is 0.223 e. The lowest BCUT2D eigenvalue weighted by Gasteiger charge is -2.33. The maximum absolute atomic E-state index is 13.0. The third-order valence-corrected chi connectivity index (χ3v) is 5.08.